The van der Waals surface area contributed by atoms with Crippen LogP contribution in [0.3, 0.4) is 0 Å². The quantitative estimate of drug-likeness (QED) is 0.622. The smallest absolute Gasteiger partial charge is 0.175 e. The van der Waals surface area contributed by atoms with Crippen molar-refractivity contribution in [1.29, 1.82) is 0 Å². The summed E-state index contributed by atoms with van der Waals surface area (Å²) in [4.78, 5) is 0. The summed E-state index contributed by atoms with van der Waals surface area (Å²) in [6.45, 7) is 0. The van der Waals surface area contributed by atoms with Crippen LogP contribution in [0.4, 0.5) is 0 Å². The van der Waals surface area contributed by atoms with E-state index >= 15 is 0 Å². The van der Waals surface area contributed by atoms with Crippen molar-refractivity contribution in [1.82, 2.24) is 0 Å². The predicted molar refractivity (Wildman–Crippen MR) is 87.6 cm³/mol. The first-order valence-electron chi connectivity index (χ1n) is 7.18. The molecule has 2 aromatic carbocycles. The van der Waals surface area contributed by atoms with Gasteiger partial charge in [0.25, 0.3) is 0 Å². The Kier molecular flexibility index (Phi) is 6.11. The molecule has 1 heterocycles. The van der Waals surface area contributed by atoms with Gasteiger partial charge in [-0.1, -0.05) is 60.7 Å². The first-order chi connectivity index (χ1) is 10.4. The molecular formula is C20H18BrN. The molecule has 110 valence electrons. The predicted octanol–water partition coefficient (Wildman–Crippen LogP) is 1.20. The number of hydrogen-bond donors (Lipinski definition) is 0. The van der Waals surface area contributed by atoms with Crippen LogP contribution in [0.25, 0.3) is 12.3 Å². The van der Waals surface area contributed by atoms with Crippen LogP contribution in [0.5, 0.6) is 0 Å². The molecule has 1 aromatic heterocycles. The van der Waals surface area contributed by atoms with Crippen molar-refractivity contribution in [3.8, 4) is 0 Å². The number of benzene rings is 2. The van der Waals surface area contributed by atoms with Gasteiger partial charge in [0, 0.05) is 18.2 Å². The maximum absolute atomic E-state index is 2.20. The van der Waals surface area contributed by atoms with Gasteiger partial charge in [0.1, 0.15) is 0 Å². The second kappa shape index (κ2) is 8.30. The van der Waals surface area contributed by atoms with Gasteiger partial charge in [-0.2, -0.15) is 4.57 Å². The monoisotopic (exact) mass is 351 g/mol. The summed E-state index contributed by atoms with van der Waals surface area (Å²) in [5.41, 5.74) is 3.94. The lowest BCUT2D eigenvalue weighted by molar-refractivity contribution is -0.567. The molecule has 0 unspecified atom stereocenters. The molecular weight excluding hydrogens is 334 g/mol. The molecule has 22 heavy (non-hydrogen) atoms. The van der Waals surface area contributed by atoms with E-state index in [1.54, 1.807) is 0 Å². The van der Waals surface area contributed by atoms with Gasteiger partial charge < -0.3 is 17.0 Å². The summed E-state index contributed by atoms with van der Waals surface area (Å²) in [6.07, 6.45) is 9.29. The molecule has 0 radical (unpaired) electrons. The van der Waals surface area contributed by atoms with Crippen LogP contribution in [0.15, 0.2) is 85.2 Å². The van der Waals surface area contributed by atoms with Gasteiger partial charge in [0.2, 0.25) is 0 Å². The molecule has 0 saturated carbocycles. The number of halogens is 1. The van der Waals surface area contributed by atoms with E-state index in [1.165, 1.54) is 16.7 Å². The second-order valence-corrected chi connectivity index (χ2v) is 5.00. The Labute approximate surface area is 142 Å². The van der Waals surface area contributed by atoms with Crippen LogP contribution >= 0.6 is 0 Å². The first kappa shape index (κ1) is 16.2. The van der Waals surface area contributed by atoms with Crippen molar-refractivity contribution in [2.45, 2.75) is 6.42 Å². The van der Waals surface area contributed by atoms with Gasteiger partial charge >= 0.3 is 0 Å². The number of hydrogen-bond acceptors (Lipinski definition) is 0. The summed E-state index contributed by atoms with van der Waals surface area (Å²) in [6, 6.07) is 25.2. The Morgan fingerprint density at radius 3 is 2.14 bits per heavy atom. The summed E-state index contributed by atoms with van der Waals surface area (Å²) in [5, 5.41) is 0. The van der Waals surface area contributed by atoms with Crippen molar-refractivity contribution >= 4 is 12.3 Å². The van der Waals surface area contributed by atoms with Gasteiger partial charge in [0.05, 0.1) is 0 Å². The van der Waals surface area contributed by atoms with Gasteiger partial charge in [-0.15, -0.1) is 0 Å². The zero-order valence-electron chi connectivity index (χ0n) is 12.3. The maximum atomic E-state index is 2.20. The third-order valence-electron chi connectivity index (χ3n) is 3.46. The Morgan fingerprint density at radius 2 is 1.36 bits per heavy atom. The highest BCUT2D eigenvalue weighted by atomic mass is 79.9. The SMILES string of the molecule is C(=C\[n+]1ccccc1)/c1ccccc1Cc1ccccc1.[Br-]. The average Bonchev–Trinajstić information content (AvgIpc) is 2.56. The van der Waals surface area contributed by atoms with E-state index in [1.807, 2.05) is 30.6 Å². The van der Waals surface area contributed by atoms with Crippen molar-refractivity contribution in [2.24, 2.45) is 0 Å². The van der Waals surface area contributed by atoms with Crippen LogP contribution < -0.4 is 21.5 Å². The van der Waals surface area contributed by atoms with Crippen LogP contribution in [0.2, 0.25) is 0 Å². The molecule has 1 nitrogen and oxygen atoms in total. The minimum absolute atomic E-state index is 0. The molecule has 0 aliphatic heterocycles. The molecule has 3 rings (SSSR count). The molecule has 0 amide bonds. The highest BCUT2D eigenvalue weighted by Gasteiger charge is 2.01. The summed E-state index contributed by atoms with van der Waals surface area (Å²) in [7, 11) is 0. The largest absolute Gasteiger partial charge is 1.00 e. The molecule has 0 atom stereocenters. The van der Waals surface area contributed by atoms with Crippen LogP contribution in [0.1, 0.15) is 16.7 Å². The van der Waals surface area contributed by atoms with Crippen molar-refractivity contribution in [3.05, 3.63) is 102 Å². The van der Waals surface area contributed by atoms with E-state index in [0.29, 0.717) is 0 Å². The van der Waals surface area contributed by atoms with E-state index in [9.17, 15) is 0 Å². The zero-order valence-corrected chi connectivity index (χ0v) is 13.9. The Morgan fingerprint density at radius 1 is 0.727 bits per heavy atom. The topological polar surface area (TPSA) is 3.88 Å². The minimum atomic E-state index is 0. The molecule has 0 bridgehead atoms. The van der Waals surface area contributed by atoms with E-state index in [0.717, 1.165) is 6.42 Å². The molecule has 0 spiro atoms. The Balaban J connectivity index is 0.00000176. The number of rotatable bonds is 4. The van der Waals surface area contributed by atoms with Crippen molar-refractivity contribution in [3.63, 3.8) is 0 Å². The molecule has 0 N–H and O–H groups in total. The molecule has 0 aliphatic rings. The summed E-state index contributed by atoms with van der Waals surface area (Å²) in [5.74, 6) is 0. The Bertz CT molecular complexity index is 721. The lowest BCUT2D eigenvalue weighted by Gasteiger charge is -2.05. The first-order valence-corrected chi connectivity index (χ1v) is 7.18. The van der Waals surface area contributed by atoms with Crippen molar-refractivity contribution < 1.29 is 21.5 Å². The maximum Gasteiger partial charge on any atom is 0.175 e. The van der Waals surface area contributed by atoms with Crippen LogP contribution in [0, 0.1) is 0 Å². The van der Waals surface area contributed by atoms with E-state index in [-0.39, 0.29) is 17.0 Å². The van der Waals surface area contributed by atoms with Crippen LogP contribution in [-0.4, -0.2) is 0 Å². The van der Waals surface area contributed by atoms with Gasteiger partial charge in [-0.3, -0.25) is 0 Å². The lowest BCUT2D eigenvalue weighted by atomic mass is 10.00. The standard InChI is InChI=1S/C20H18N.BrH/c1-3-9-18(10-4-1)17-20-12-6-5-11-19(20)13-16-21-14-7-2-8-15-21;/h1-16H,17H2;1H/q+1;/p-1/b16-13+;. The third kappa shape index (κ3) is 4.40. The average molecular weight is 352 g/mol. The van der Waals surface area contributed by atoms with Crippen LogP contribution in [-0.2, 0) is 6.42 Å². The fraction of sp³-hybridized carbons (Fsp3) is 0.0500. The molecule has 0 aliphatic carbocycles. The minimum Gasteiger partial charge on any atom is -1.00 e. The number of nitrogens with zero attached hydrogens (tertiary/aromatic N) is 1. The zero-order chi connectivity index (χ0) is 14.3. The van der Waals surface area contributed by atoms with Crippen molar-refractivity contribution in [2.75, 3.05) is 0 Å². The molecule has 3 aromatic rings. The highest BCUT2D eigenvalue weighted by molar-refractivity contribution is 5.60. The molecule has 0 fully saturated rings. The van der Waals surface area contributed by atoms with E-state index < -0.39 is 0 Å². The highest BCUT2D eigenvalue weighted by Crippen LogP contribution is 2.15. The summed E-state index contributed by atoms with van der Waals surface area (Å²) < 4.78 is 2.05. The van der Waals surface area contributed by atoms with Gasteiger partial charge in [0.15, 0.2) is 18.6 Å². The number of aromatic nitrogens is 1. The summed E-state index contributed by atoms with van der Waals surface area (Å²) >= 11 is 0. The number of pyridine rings is 1. The van der Waals surface area contributed by atoms with E-state index in [4.69, 9.17) is 0 Å². The molecule has 2 heteroatoms. The molecule has 0 saturated heterocycles. The lowest BCUT2D eigenvalue weighted by Crippen LogP contribution is -3.00. The normalized spacial score (nSPS) is 10.4. The fourth-order valence-corrected chi connectivity index (χ4v) is 2.35. The van der Waals surface area contributed by atoms with Gasteiger partial charge in [-0.05, 0) is 23.1 Å². The third-order valence-corrected chi connectivity index (χ3v) is 3.46. The van der Waals surface area contributed by atoms with E-state index in [2.05, 4.69) is 71.4 Å². The fourth-order valence-electron chi connectivity index (χ4n) is 2.35. The Hall–Kier alpha value is -2.19. The second-order valence-electron chi connectivity index (χ2n) is 5.00. The van der Waals surface area contributed by atoms with Gasteiger partial charge in [-0.25, -0.2) is 0 Å².